The second-order valence-electron chi connectivity index (χ2n) is 4.58. The molecule has 88 valence electrons. The average molecular weight is 283 g/mol. The van der Waals surface area contributed by atoms with Gasteiger partial charge in [0.2, 0.25) is 0 Å². The molecule has 1 aromatic rings. The number of halogens is 1. The first-order valence-electron chi connectivity index (χ1n) is 6.20. The number of pyridine rings is 1. The zero-order chi connectivity index (χ0) is 11.2. The minimum Gasteiger partial charge on any atom is -0.370 e. The molecule has 0 unspecified atom stereocenters. The molecule has 0 amide bonds. The Bertz CT molecular complexity index is 304. The van der Waals surface area contributed by atoms with E-state index >= 15 is 0 Å². The summed E-state index contributed by atoms with van der Waals surface area (Å²) in [7, 11) is 0. The van der Waals surface area contributed by atoms with Gasteiger partial charge < -0.3 is 5.32 Å². The fourth-order valence-electron chi connectivity index (χ4n) is 2.36. The smallest absolute Gasteiger partial charge is 0.125 e. The Hall–Kier alpha value is -0.570. The highest BCUT2D eigenvalue weighted by Gasteiger charge is 2.12. The standard InChI is InChI=1S/C13H19BrN2/c14-12-6-7-13(16-10-12)15-9-8-11-4-2-1-3-5-11/h6-7,10-11H,1-5,8-9H2,(H,15,16). The summed E-state index contributed by atoms with van der Waals surface area (Å²) in [5.74, 6) is 1.93. The van der Waals surface area contributed by atoms with Gasteiger partial charge in [-0.1, -0.05) is 32.1 Å². The van der Waals surface area contributed by atoms with Crippen LogP contribution in [0.5, 0.6) is 0 Å². The molecule has 1 saturated carbocycles. The van der Waals surface area contributed by atoms with E-state index in [0.29, 0.717) is 0 Å². The fraction of sp³-hybridized carbons (Fsp3) is 0.615. The van der Waals surface area contributed by atoms with Crippen LogP contribution in [0, 0.1) is 5.92 Å². The topological polar surface area (TPSA) is 24.9 Å². The molecule has 0 atom stereocenters. The van der Waals surface area contributed by atoms with Crippen LogP contribution in [0.2, 0.25) is 0 Å². The molecule has 0 bridgehead atoms. The monoisotopic (exact) mass is 282 g/mol. The number of hydrogen-bond acceptors (Lipinski definition) is 2. The summed E-state index contributed by atoms with van der Waals surface area (Å²) in [4.78, 5) is 4.30. The molecule has 1 heterocycles. The van der Waals surface area contributed by atoms with Crippen molar-refractivity contribution in [3.8, 4) is 0 Å². The molecule has 3 heteroatoms. The van der Waals surface area contributed by atoms with E-state index in [4.69, 9.17) is 0 Å². The SMILES string of the molecule is Brc1ccc(NCCC2CCCCC2)nc1. The van der Waals surface area contributed by atoms with E-state index in [1.54, 1.807) is 0 Å². The number of hydrogen-bond donors (Lipinski definition) is 1. The van der Waals surface area contributed by atoms with Crippen LogP contribution in [0.25, 0.3) is 0 Å². The summed E-state index contributed by atoms with van der Waals surface area (Å²) >= 11 is 3.39. The van der Waals surface area contributed by atoms with Crippen molar-refractivity contribution in [1.82, 2.24) is 4.98 Å². The van der Waals surface area contributed by atoms with Gasteiger partial charge >= 0.3 is 0 Å². The van der Waals surface area contributed by atoms with Gasteiger partial charge in [-0.3, -0.25) is 0 Å². The lowest BCUT2D eigenvalue weighted by atomic mass is 9.87. The van der Waals surface area contributed by atoms with Gasteiger partial charge in [0.05, 0.1) is 0 Å². The molecular weight excluding hydrogens is 264 g/mol. The zero-order valence-corrected chi connectivity index (χ0v) is 11.2. The van der Waals surface area contributed by atoms with E-state index in [9.17, 15) is 0 Å². The summed E-state index contributed by atoms with van der Waals surface area (Å²) in [6, 6.07) is 4.04. The van der Waals surface area contributed by atoms with E-state index in [1.165, 1.54) is 38.5 Å². The van der Waals surface area contributed by atoms with Crippen molar-refractivity contribution in [1.29, 1.82) is 0 Å². The normalized spacial score (nSPS) is 17.3. The summed E-state index contributed by atoms with van der Waals surface area (Å²) in [6.07, 6.45) is 10.3. The van der Waals surface area contributed by atoms with Gasteiger partial charge in [0.25, 0.3) is 0 Å². The molecule has 1 N–H and O–H groups in total. The Labute approximate surface area is 106 Å². The largest absolute Gasteiger partial charge is 0.370 e. The maximum Gasteiger partial charge on any atom is 0.125 e. The maximum absolute atomic E-state index is 4.30. The molecule has 16 heavy (non-hydrogen) atoms. The van der Waals surface area contributed by atoms with Gasteiger partial charge in [-0.15, -0.1) is 0 Å². The lowest BCUT2D eigenvalue weighted by Crippen LogP contribution is -2.12. The lowest BCUT2D eigenvalue weighted by Gasteiger charge is -2.21. The second-order valence-corrected chi connectivity index (χ2v) is 5.50. The van der Waals surface area contributed by atoms with Crippen molar-refractivity contribution in [3.63, 3.8) is 0 Å². The van der Waals surface area contributed by atoms with Gasteiger partial charge in [-0.05, 0) is 40.4 Å². The first kappa shape index (κ1) is 11.9. The number of nitrogens with one attached hydrogen (secondary N) is 1. The van der Waals surface area contributed by atoms with E-state index in [2.05, 4.69) is 26.2 Å². The molecule has 0 aromatic carbocycles. The van der Waals surface area contributed by atoms with E-state index in [-0.39, 0.29) is 0 Å². The van der Waals surface area contributed by atoms with Crippen LogP contribution in [-0.2, 0) is 0 Å². The molecule has 0 radical (unpaired) electrons. The highest BCUT2D eigenvalue weighted by molar-refractivity contribution is 9.10. The number of aromatic nitrogens is 1. The van der Waals surface area contributed by atoms with Crippen molar-refractivity contribution >= 4 is 21.7 Å². The van der Waals surface area contributed by atoms with Crippen molar-refractivity contribution in [2.45, 2.75) is 38.5 Å². The zero-order valence-electron chi connectivity index (χ0n) is 9.58. The fourth-order valence-corrected chi connectivity index (χ4v) is 2.60. The molecule has 2 rings (SSSR count). The van der Waals surface area contributed by atoms with Crippen LogP contribution in [0.4, 0.5) is 5.82 Å². The maximum atomic E-state index is 4.30. The first-order valence-corrected chi connectivity index (χ1v) is 6.99. The van der Waals surface area contributed by atoms with E-state index in [1.807, 2.05) is 18.3 Å². The molecule has 0 saturated heterocycles. The van der Waals surface area contributed by atoms with Crippen LogP contribution in [0.15, 0.2) is 22.8 Å². The first-order chi connectivity index (χ1) is 7.84. The van der Waals surface area contributed by atoms with Crippen LogP contribution in [0.1, 0.15) is 38.5 Å². The van der Waals surface area contributed by atoms with Crippen LogP contribution < -0.4 is 5.32 Å². The van der Waals surface area contributed by atoms with E-state index in [0.717, 1.165) is 22.8 Å². The molecular formula is C13H19BrN2. The summed E-state index contributed by atoms with van der Waals surface area (Å²) < 4.78 is 1.03. The third-order valence-electron chi connectivity index (χ3n) is 3.31. The van der Waals surface area contributed by atoms with Gasteiger partial charge in [0, 0.05) is 17.2 Å². The Balaban J connectivity index is 1.69. The van der Waals surface area contributed by atoms with Crippen molar-refractivity contribution < 1.29 is 0 Å². The number of nitrogens with zero attached hydrogens (tertiary/aromatic N) is 1. The summed E-state index contributed by atoms with van der Waals surface area (Å²) in [6.45, 7) is 1.05. The lowest BCUT2D eigenvalue weighted by molar-refractivity contribution is 0.345. The number of anilines is 1. The Morgan fingerprint density at radius 3 is 2.75 bits per heavy atom. The Morgan fingerprint density at radius 2 is 2.06 bits per heavy atom. The molecule has 1 fully saturated rings. The Kier molecular flexibility index (Phi) is 4.64. The number of rotatable bonds is 4. The van der Waals surface area contributed by atoms with Crippen molar-refractivity contribution in [3.05, 3.63) is 22.8 Å². The van der Waals surface area contributed by atoms with Gasteiger partial charge in [-0.25, -0.2) is 4.98 Å². The van der Waals surface area contributed by atoms with Gasteiger partial charge in [0.1, 0.15) is 5.82 Å². The molecule has 1 aromatic heterocycles. The molecule has 1 aliphatic carbocycles. The van der Waals surface area contributed by atoms with Crippen LogP contribution in [0.3, 0.4) is 0 Å². The third kappa shape index (κ3) is 3.78. The van der Waals surface area contributed by atoms with E-state index < -0.39 is 0 Å². The van der Waals surface area contributed by atoms with Crippen LogP contribution >= 0.6 is 15.9 Å². The van der Waals surface area contributed by atoms with Crippen LogP contribution in [-0.4, -0.2) is 11.5 Å². The van der Waals surface area contributed by atoms with Gasteiger partial charge in [0.15, 0.2) is 0 Å². The van der Waals surface area contributed by atoms with Crippen molar-refractivity contribution in [2.75, 3.05) is 11.9 Å². The molecule has 1 aliphatic rings. The Morgan fingerprint density at radius 1 is 1.25 bits per heavy atom. The summed E-state index contributed by atoms with van der Waals surface area (Å²) in [5.41, 5.74) is 0. The van der Waals surface area contributed by atoms with Gasteiger partial charge in [-0.2, -0.15) is 0 Å². The minimum atomic E-state index is 0.941. The highest BCUT2D eigenvalue weighted by Crippen LogP contribution is 2.26. The highest BCUT2D eigenvalue weighted by atomic mass is 79.9. The second kappa shape index (κ2) is 6.24. The average Bonchev–Trinajstić information content (AvgIpc) is 2.33. The molecule has 0 spiro atoms. The predicted octanol–water partition coefficient (Wildman–Crippen LogP) is 4.23. The third-order valence-corrected chi connectivity index (χ3v) is 3.78. The minimum absolute atomic E-state index is 0.941. The molecule has 0 aliphatic heterocycles. The predicted molar refractivity (Wildman–Crippen MR) is 71.6 cm³/mol. The quantitative estimate of drug-likeness (QED) is 0.894. The molecule has 2 nitrogen and oxygen atoms in total. The van der Waals surface area contributed by atoms with Crippen molar-refractivity contribution in [2.24, 2.45) is 5.92 Å². The summed E-state index contributed by atoms with van der Waals surface area (Å²) in [5, 5.41) is 3.39.